The molecule has 1 aliphatic heterocycles. The zero-order valence-electron chi connectivity index (χ0n) is 15.5. The third-order valence-electron chi connectivity index (χ3n) is 5.62. The van der Waals surface area contributed by atoms with Crippen LogP contribution in [0.25, 0.3) is 0 Å². The summed E-state index contributed by atoms with van der Waals surface area (Å²) in [5.74, 6) is 0.585. The van der Waals surface area contributed by atoms with Gasteiger partial charge in [-0.2, -0.15) is 0 Å². The Hall–Kier alpha value is -0.810. The summed E-state index contributed by atoms with van der Waals surface area (Å²) >= 11 is 0. The minimum absolute atomic E-state index is 0. The van der Waals surface area contributed by atoms with Crippen LogP contribution in [0.5, 0.6) is 0 Å². The first-order valence-corrected chi connectivity index (χ1v) is 9.58. The smallest absolute Gasteiger partial charge is 0.227 e. The van der Waals surface area contributed by atoms with E-state index in [1.165, 1.54) is 44.3 Å². The summed E-state index contributed by atoms with van der Waals surface area (Å²) in [5.41, 5.74) is 8.02. The van der Waals surface area contributed by atoms with Crippen LogP contribution in [0.2, 0.25) is 0 Å². The molecule has 1 aliphatic carbocycles. The lowest BCUT2D eigenvalue weighted by Gasteiger charge is -2.20. The SMILES string of the molecule is Cl.Cl.NC[C@H]1CCC[C@H]1C(=O)Nc1ccc(CN2CCCCCC2)cc1. The van der Waals surface area contributed by atoms with Gasteiger partial charge in [-0.15, -0.1) is 24.8 Å². The lowest BCUT2D eigenvalue weighted by atomic mass is 9.95. The second-order valence-electron chi connectivity index (χ2n) is 7.41. The van der Waals surface area contributed by atoms with Gasteiger partial charge in [0.05, 0.1) is 0 Å². The number of carbonyl (C=O) groups excluding carboxylic acids is 1. The Morgan fingerprint density at radius 1 is 1.00 bits per heavy atom. The number of hydrogen-bond donors (Lipinski definition) is 2. The number of amides is 1. The van der Waals surface area contributed by atoms with Crippen LogP contribution in [0.3, 0.4) is 0 Å². The van der Waals surface area contributed by atoms with Gasteiger partial charge >= 0.3 is 0 Å². The number of nitrogens with two attached hydrogens (primary N) is 1. The largest absolute Gasteiger partial charge is 0.330 e. The van der Waals surface area contributed by atoms with Crippen molar-refractivity contribution in [2.45, 2.75) is 51.5 Å². The van der Waals surface area contributed by atoms with Crippen molar-refractivity contribution in [1.82, 2.24) is 4.90 Å². The van der Waals surface area contributed by atoms with E-state index in [9.17, 15) is 4.79 Å². The van der Waals surface area contributed by atoms with Crippen molar-refractivity contribution in [2.75, 3.05) is 25.0 Å². The molecule has 0 radical (unpaired) electrons. The highest BCUT2D eigenvalue weighted by molar-refractivity contribution is 5.92. The first-order valence-electron chi connectivity index (χ1n) is 9.58. The minimum atomic E-state index is 0. The lowest BCUT2D eigenvalue weighted by molar-refractivity contribution is -0.120. The molecule has 1 aromatic rings. The predicted octanol–water partition coefficient (Wildman–Crippen LogP) is 4.22. The molecule has 3 rings (SSSR count). The number of anilines is 1. The standard InChI is InChI=1S/C20H31N3O.2ClH/c21-14-17-6-5-7-19(17)20(24)22-18-10-8-16(9-11-18)15-23-12-3-1-2-4-13-23;;/h8-11,17,19H,1-7,12-15,21H2,(H,22,24);2*1H/t17-,19-;;/m1../s1. The van der Waals surface area contributed by atoms with Gasteiger partial charge in [-0.25, -0.2) is 0 Å². The van der Waals surface area contributed by atoms with Gasteiger partial charge < -0.3 is 11.1 Å². The second kappa shape index (κ2) is 11.8. The summed E-state index contributed by atoms with van der Waals surface area (Å²) in [6.07, 6.45) is 8.55. The average Bonchev–Trinajstić information content (AvgIpc) is 2.94. The zero-order valence-corrected chi connectivity index (χ0v) is 17.1. The highest BCUT2D eigenvalue weighted by Crippen LogP contribution is 2.31. The first-order chi connectivity index (χ1) is 11.8. The molecular formula is C20H33Cl2N3O. The molecule has 0 spiro atoms. The van der Waals surface area contributed by atoms with Crippen molar-refractivity contribution in [1.29, 1.82) is 0 Å². The monoisotopic (exact) mass is 401 g/mol. The van der Waals surface area contributed by atoms with Gasteiger partial charge in [0, 0.05) is 18.2 Å². The van der Waals surface area contributed by atoms with Crippen molar-refractivity contribution >= 4 is 36.4 Å². The number of likely N-dealkylation sites (tertiary alicyclic amines) is 1. The van der Waals surface area contributed by atoms with Crippen molar-refractivity contribution < 1.29 is 4.79 Å². The molecule has 2 atom stereocenters. The van der Waals surface area contributed by atoms with Crippen molar-refractivity contribution in [3.63, 3.8) is 0 Å². The van der Waals surface area contributed by atoms with Crippen molar-refractivity contribution in [3.05, 3.63) is 29.8 Å². The Kier molecular flexibility index (Phi) is 10.6. The van der Waals surface area contributed by atoms with Crippen LogP contribution in [0.4, 0.5) is 5.69 Å². The summed E-state index contributed by atoms with van der Waals surface area (Å²) in [7, 11) is 0. The number of rotatable bonds is 5. The molecule has 2 aliphatic rings. The molecule has 1 saturated heterocycles. The van der Waals surface area contributed by atoms with E-state index in [-0.39, 0.29) is 36.6 Å². The van der Waals surface area contributed by atoms with Crippen molar-refractivity contribution in [2.24, 2.45) is 17.6 Å². The topological polar surface area (TPSA) is 58.4 Å². The summed E-state index contributed by atoms with van der Waals surface area (Å²) in [5, 5.41) is 3.08. The van der Waals surface area contributed by atoms with Crippen LogP contribution in [-0.4, -0.2) is 30.4 Å². The zero-order chi connectivity index (χ0) is 16.8. The maximum Gasteiger partial charge on any atom is 0.227 e. The average molecular weight is 402 g/mol. The predicted molar refractivity (Wildman–Crippen MR) is 113 cm³/mol. The fraction of sp³-hybridized carbons (Fsp3) is 0.650. The van der Waals surface area contributed by atoms with E-state index in [0.29, 0.717) is 12.5 Å². The Balaban J connectivity index is 0.00000169. The fourth-order valence-electron chi connectivity index (χ4n) is 4.15. The quantitative estimate of drug-likeness (QED) is 0.775. The van der Waals surface area contributed by atoms with E-state index in [1.807, 2.05) is 12.1 Å². The summed E-state index contributed by atoms with van der Waals surface area (Å²) in [4.78, 5) is 15.0. The van der Waals surface area contributed by atoms with Crippen LogP contribution in [0.1, 0.15) is 50.5 Å². The summed E-state index contributed by atoms with van der Waals surface area (Å²) < 4.78 is 0. The Morgan fingerprint density at radius 2 is 1.65 bits per heavy atom. The maximum absolute atomic E-state index is 12.4. The fourth-order valence-corrected chi connectivity index (χ4v) is 4.15. The number of carbonyl (C=O) groups is 1. The van der Waals surface area contributed by atoms with E-state index < -0.39 is 0 Å². The highest BCUT2D eigenvalue weighted by Gasteiger charge is 2.31. The molecule has 4 nitrogen and oxygen atoms in total. The first kappa shape index (κ1) is 23.2. The number of nitrogens with one attached hydrogen (secondary N) is 1. The summed E-state index contributed by atoms with van der Waals surface area (Å²) in [6.45, 7) is 4.06. The molecule has 2 fully saturated rings. The third kappa shape index (κ3) is 6.41. The third-order valence-corrected chi connectivity index (χ3v) is 5.62. The van der Waals surface area contributed by atoms with Gasteiger partial charge in [-0.05, 0) is 68.9 Å². The molecule has 0 bridgehead atoms. The maximum atomic E-state index is 12.4. The highest BCUT2D eigenvalue weighted by atomic mass is 35.5. The van der Waals surface area contributed by atoms with E-state index in [1.54, 1.807) is 0 Å². The number of nitrogens with zero attached hydrogens (tertiary/aromatic N) is 1. The van der Waals surface area contributed by atoms with Crippen LogP contribution in [0, 0.1) is 11.8 Å². The molecule has 3 N–H and O–H groups in total. The molecule has 0 unspecified atom stereocenters. The van der Waals surface area contributed by atoms with Gasteiger partial charge in [0.1, 0.15) is 0 Å². The van der Waals surface area contributed by atoms with Gasteiger partial charge in [0.2, 0.25) is 5.91 Å². The molecule has 1 aromatic carbocycles. The molecule has 1 amide bonds. The van der Waals surface area contributed by atoms with E-state index in [2.05, 4.69) is 22.3 Å². The van der Waals surface area contributed by atoms with Crippen LogP contribution < -0.4 is 11.1 Å². The Morgan fingerprint density at radius 3 is 2.27 bits per heavy atom. The van der Waals surface area contributed by atoms with Gasteiger partial charge in [0.15, 0.2) is 0 Å². The van der Waals surface area contributed by atoms with Crippen LogP contribution >= 0.6 is 24.8 Å². The molecule has 148 valence electrons. The Labute approximate surface area is 170 Å². The van der Waals surface area contributed by atoms with Gasteiger partial charge in [-0.1, -0.05) is 31.4 Å². The van der Waals surface area contributed by atoms with Gasteiger partial charge in [0.25, 0.3) is 0 Å². The second-order valence-corrected chi connectivity index (χ2v) is 7.41. The Bertz CT molecular complexity index is 530. The van der Waals surface area contributed by atoms with Crippen molar-refractivity contribution in [3.8, 4) is 0 Å². The normalized spacial score (nSPS) is 23.4. The van der Waals surface area contributed by atoms with Crippen LogP contribution in [0.15, 0.2) is 24.3 Å². The number of benzene rings is 1. The van der Waals surface area contributed by atoms with E-state index >= 15 is 0 Å². The molecular weight excluding hydrogens is 369 g/mol. The van der Waals surface area contributed by atoms with E-state index in [4.69, 9.17) is 5.73 Å². The number of hydrogen-bond acceptors (Lipinski definition) is 3. The molecule has 1 heterocycles. The minimum Gasteiger partial charge on any atom is -0.330 e. The molecule has 6 heteroatoms. The van der Waals surface area contributed by atoms with Crippen LogP contribution in [-0.2, 0) is 11.3 Å². The molecule has 1 saturated carbocycles. The summed E-state index contributed by atoms with van der Waals surface area (Å²) in [6, 6.07) is 8.38. The molecule has 26 heavy (non-hydrogen) atoms. The lowest BCUT2D eigenvalue weighted by Crippen LogP contribution is -2.29. The molecule has 0 aromatic heterocycles. The van der Waals surface area contributed by atoms with E-state index in [0.717, 1.165) is 31.5 Å². The number of halogens is 2. The van der Waals surface area contributed by atoms with Gasteiger partial charge in [-0.3, -0.25) is 9.69 Å².